The average Bonchev–Trinajstić information content (AvgIpc) is 3.09. The van der Waals surface area contributed by atoms with Crippen LogP contribution in [0.2, 0.25) is 0 Å². The van der Waals surface area contributed by atoms with Crippen LogP contribution in [0.3, 0.4) is 0 Å². The summed E-state index contributed by atoms with van der Waals surface area (Å²) in [5.41, 5.74) is 5.99. The number of benzene rings is 1. The third-order valence-electron chi connectivity index (χ3n) is 5.40. The Kier molecular flexibility index (Phi) is 5.39. The van der Waals surface area contributed by atoms with Crippen molar-refractivity contribution in [3.8, 4) is 0 Å². The first-order valence-corrected chi connectivity index (χ1v) is 10.2. The second kappa shape index (κ2) is 7.73. The fraction of sp³-hybridized carbons (Fsp3) is 0.400. The molecule has 2 heterocycles. The molecule has 160 valence electrons. The molecule has 1 aromatic carbocycles. The number of carbonyl (C=O) groups is 1. The minimum atomic E-state index is -1.90. The van der Waals surface area contributed by atoms with Gasteiger partial charge in [-0.05, 0) is 31.2 Å². The lowest BCUT2D eigenvalue weighted by Crippen LogP contribution is -2.55. The van der Waals surface area contributed by atoms with Crippen molar-refractivity contribution in [3.05, 3.63) is 58.6 Å². The number of halogens is 4. The quantitative estimate of drug-likeness (QED) is 0.726. The molecule has 0 fully saturated rings. The highest BCUT2D eigenvalue weighted by Gasteiger charge is 2.58. The fourth-order valence-corrected chi connectivity index (χ4v) is 5.66. The largest absolute Gasteiger partial charge is 0.493 e. The third-order valence-corrected chi connectivity index (χ3v) is 6.96. The smallest absolute Gasteiger partial charge is 0.241 e. The number of amides is 1. The number of hydrogen-bond acceptors (Lipinski definition) is 5. The first-order chi connectivity index (χ1) is 14.3. The van der Waals surface area contributed by atoms with Gasteiger partial charge in [0, 0.05) is 36.5 Å². The first kappa shape index (κ1) is 20.9. The molecule has 0 saturated heterocycles. The zero-order valence-corrected chi connectivity index (χ0v) is 16.8. The number of nitrogens with zero attached hydrogens (tertiary/aromatic N) is 2. The lowest BCUT2D eigenvalue weighted by atomic mass is 9.82. The molecule has 2 aliphatic heterocycles. The van der Waals surface area contributed by atoms with Crippen molar-refractivity contribution in [1.82, 2.24) is 5.01 Å². The molecule has 0 aromatic heterocycles. The summed E-state index contributed by atoms with van der Waals surface area (Å²) in [5.74, 6) is -3.11. The van der Waals surface area contributed by atoms with E-state index in [1.165, 1.54) is 6.92 Å². The molecule has 1 aromatic rings. The molecule has 1 amide bonds. The molecule has 0 radical (unpaired) electrons. The Hall–Kier alpha value is -2.33. The number of alkyl halides is 1. The number of carbonyl (C=O) groups excluding carboxylic acids is 1. The van der Waals surface area contributed by atoms with E-state index in [2.05, 4.69) is 5.10 Å². The van der Waals surface area contributed by atoms with Gasteiger partial charge in [-0.25, -0.2) is 22.6 Å². The van der Waals surface area contributed by atoms with E-state index >= 15 is 0 Å². The second-order valence-corrected chi connectivity index (χ2v) is 8.50. The van der Waals surface area contributed by atoms with Crippen LogP contribution in [-0.2, 0) is 9.53 Å². The van der Waals surface area contributed by atoms with Crippen LogP contribution >= 0.6 is 11.8 Å². The predicted octanol–water partition coefficient (Wildman–Crippen LogP) is 3.76. The maximum absolute atomic E-state index is 14.5. The average molecular weight is 441 g/mol. The summed E-state index contributed by atoms with van der Waals surface area (Å²) in [4.78, 5) is 11.3. The molecule has 1 aliphatic carbocycles. The van der Waals surface area contributed by atoms with Gasteiger partial charge in [-0.3, -0.25) is 4.79 Å². The molecular weight excluding hydrogens is 422 g/mol. The van der Waals surface area contributed by atoms with Gasteiger partial charge in [0.2, 0.25) is 5.91 Å². The van der Waals surface area contributed by atoms with E-state index in [0.29, 0.717) is 12.0 Å². The summed E-state index contributed by atoms with van der Waals surface area (Å²) < 4.78 is 62.2. The van der Waals surface area contributed by atoms with Gasteiger partial charge in [0.15, 0.2) is 6.17 Å². The Labute approximate surface area is 174 Å². The SMILES string of the molecule is CC(=O)N1N=C(c2cc(F)ccc2F)SC12C1=C(C=C(F)C(F)C1)OCC2CCN. The van der Waals surface area contributed by atoms with Crippen LogP contribution in [0.4, 0.5) is 17.6 Å². The molecule has 2 N–H and O–H groups in total. The van der Waals surface area contributed by atoms with E-state index < -0.39 is 40.3 Å². The van der Waals surface area contributed by atoms with Gasteiger partial charge >= 0.3 is 0 Å². The van der Waals surface area contributed by atoms with Crippen LogP contribution < -0.4 is 5.73 Å². The molecule has 10 heteroatoms. The molecule has 1 spiro atoms. The summed E-state index contributed by atoms with van der Waals surface area (Å²) in [5, 5.41) is 5.52. The highest BCUT2D eigenvalue weighted by Crippen LogP contribution is 2.56. The Morgan fingerprint density at radius 1 is 1.40 bits per heavy atom. The van der Waals surface area contributed by atoms with Gasteiger partial charge in [-0.1, -0.05) is 11.8 Å². The molecule has 0 bridgehead atoms. The number of hydrazone groups is 1. The van der Waals surface area contributed by atoms with E-state index in [1.54, 1.807) is 0 Å². The van der Waals surface area contributed by atoms with E-state index in [0.717, 1.165) is 41.0 Å². The van der Waals surface area contributed by atoms with Crippen LogP contribution in [0.1, 0.15) is 25.3 Å². The Bertz CT molecular complexity index is 996. The lowest BCUT2D eigenvalue weighted by Gasteiger charge is -2.47. The van der Waals surface area contributed by atoms with Gasteiger partial charge in [0.05, 0.1) is 6.61 Å². The number of fused-ring (bicyclic) bond motifs is 1. The van der Waals surface area contributed by atoms with E-state index in [-0.39, 0.29) is 35.9 Å². The van der Waals surface area contributed by atoms with Crippen molar-refractivity contribution >= 4 is 22.7 Å². The van der Waals surface area contributed by atoms with Crippen LogP contribution in [0, 0.1) is 17.6 Å². The van der Waals surface area contributed by atoms with Crippen LogP contribution in [-0.4, -0.2) is 40.2 Å². The zero-order chi connectivity index (χ0) is 21.6. The number of ether oxygens (including phenoxy) is 1. The summed E-state index contributed by atoms with van der Waals surface area (Å²) in [6, 6.07) is 2.94. The Morgan fingerprint density at radius 3 is 2.87 bits per heavy atom. The van der Waals surface area contributed by atoms with Crippen LogP contribution in [0.15, 0.2) is 46.5 Å². The van der Waals surface area contributed by atoms with Crippen molar-refractivity contribution in [2.45, 2.75) is 30.8 Å². The van der Waals surface area contributed by atoms with Crippen LogP contribution in [0.25, 0.3) is 0 Å². The minimum absolute atomic E-state index is 0.0726. The summed E-state index contributed by atoms with van der Waals surface area (Å²) in [7, 11) is 0. The molecule has 5 nitrogen and oxygen atoms in total. The zero-order valence-electron chi connectivity index (χ0n) is 16.0. The van der Waals surface area contributed by atoms with Crippen molar-refractivity contribution < 1.29 is 27.1 Å². The number of rotatable bonds is 3. The van der Waals surface area contributed by atoms with Gasteiger partial charge in [0.25, 0.3) is 0 Å². The normalized spacial score (nSPS) is 28.3. The maximum atomic E-state index is 14.5. The molecule has 3 atom stereocenters. The number of thioether (sulfide) groups is 1. The van der Waals surface area contributed by atoms with Gasteiger partial charge in [-0.2, -0.15) is 5.10 Å². The number of hydrogen-bond donors (Lipinski definition) is 1. The Morgan fingerprint density at radius 2 is 2.17 bits per heavy atom. The molecule has 3 aliphatic rings. The van der Waals surface area contributed by atoms with Gasteiger partial charge in [0.1, 0.15) is 33.1 Å². The molecule has 0 saturated carbocycles. The van der Waals surface area contributed by atoms with Crippen molar-refractivity contribution in [1.29, 1.82) is 0 Å². The number of allylic oxidation sites excluding steroid dienone is 2. The number of nitrogens with two attached hydrogens (primary N) is 1. The predicted molar refractivity (Wildman–Crippen MR) is 105 cm³/mol. The summed E-state index contributed by atoms with van der Waals surface area (Å²) in [6.07, 6.45) is -0.872. The van der Waals surface area contributed by atoms with Gasteiger partial charge < -0.3 is 10.5 Å². The highest BCUT2D eigenvalue weighted by molar-refractivity contribution is 8.16. The summed E-state index contributed by atoms with van der Waals surface area (Å²) in [6.45, 7) is 1.61. The van der Waals surface area contributed by atoms with Gasteiger partial charge in [-0.15, -0.1) is 0 Å². The first-order valence-electron chi connectivity index (χ1n) is 9.39. The molecular formula is C20H19F4N3O2S. The molecule has 3 unspecified atom stereocenters. The van der Waals surface area contributed by atoms with E-state index in [9.17, 15) is 22.4 Å². The van der Waals surface area contributed by atoms with Crippen molar-refractivity contribution in [2.75, 3.05) is 13.2 Å². The topological polar surface area (TPSA) is 67.9 Å². The third kappa shape index (κ3) is 3.22. The highest BCUT2D eigenvalue weighted by atomic mass is 32.2. The fourth-order valence-electron chi connectivity index (χ4n) is 4.06. The lowest BCUT2D eigenvalue weighted by molar-refractivity contribution is -0.133. The van der Waals surface area contributed by atoms with Crippen molar-refractivity contribution in [2.24, 2.45) is 16.8 Å². The summed E-state index contributed by atoms with van der Waals surface area (Å²) >= 11 is 1.02. The second-order valence-electron chi connectivity index (χ2n) is 7.29. The van der Waals surface area contributed by atoms with Crippen LogP contribution in [0.5, 0.6) is 0 Å². The maximum Gasteiger partial charge on any atom is 0.241 e. The van der Waals surface area contributed by atoms with E-state index in [4.69, 9.17) is 10.5 Å². The molecule has 30 heavy (non-hydrogen) atoms. The standard InChI is InChI=1S/C20H19F4N3O2S/c1-10(28)27-20(30-19(26-27)13-6-12(21)2-3-15(13)22)11(4-5-25)9-29-18-8-17(24)16(23)7-14(18)20/h2-3,6,8,11,16H,4-5,7,9,25H2,1H3. The minimum Gasteiger partial charge on any atom is -0.493 e. The molecule has 4 rings (SSSR count). The monoisotopic (exact) mass is 441 g/mol. The Balaban J connectivity index is 1.89. The van der Waals surface area contributed by atoms with Crippen molar-refractivity contribution in [3.63, 3.8) is 0 Å². The van der Waals surface area contributed by atoms with E-state index in [1.807, 2.05) is 0 Å².